The van der Waals surface area contributed by atoms with E-state index in [-0.39, 0.29) is 5.91 Å². The van der Waals surface area contributed by atoms with Crippen molar-refractivity contribution in [2.75, 3.05) is 5.75 Å². The number of nitrogens with zero attached hydrogens (tertiary/aromatic N) is 2. The Morgan fingerprint density at radius 1 is 1.64 bits per heavy atom. The molecule has 0 atom stereocenters. The summed E-state index contributed by atoms with van der Waals surface area (Å²) in [6.45, 7) is 1.98. The summed E-state index contributed by atoms with van der Waals surface area (Å²) < 4.78 is 0. The van der Waals surface area contributed by atoms with E-state index in [1.54, 1.807) is 6.20 Å². The Hall–Kier alpha value is -1.36. The molecular formula is C9H9N3OS. The van der Waals surface area contributed by atoms with Gasteiger partial charge in [-0.25, -0.2) is 9.98 Å². The molecule has 2 heterocycles. The summed E-state index contributed by atoms with van der Waals surface area (Å²) >= 11 is 1.40. The van der Waals surface area contributed by atoms with Crippen molar-refractivity contribution in [3.8, 4) is 0 Å². The van der Waals surface area contributed by atoms with Crippen LogP contribution in [0.15, 0.2) is 23.3 Å². The summed E-state index contributed by atoms with van der Waals surface area (Å²) in [7, 11) is 0. The predicted octanol–water partition coefficient (Wildman–Crippen LogP) is 1.24. The van der Waals surface area contributed by atoms with Gasteiger partial charge in [0.15, 0.2) is 11.0 Å². The topological polar surface area (TPSA) is 54.4 Å². The standard InChI is InChI=1S/C9H9N3OS/c1-6-2-3-10-7(4-6)11-9-12-8(13)5-14-9/h2-4H,5H2,1H3,(H,10,11,12,13). The number of nitrogens with one attached hydrogen (secondary N) is 1. The van der Waals surface area contributed by atoms with Gasteiger partial charge >= 0.3 is 0 Å². The van der Waals surface area contributed by atoms with E-state index in [0.29, 0.717) is 16.7 Å². The lowest BCUT2D eigenvalue weighted by atomic mass is 10.3. The minimum absolute atomic E-state index is 0.00130. The SMILES string of the molecule is Cc1ccnc(N=C2NC(=O)CS2)c1. The van der Waals surface area contributed by atoms with Gasteiger partial charge < -0.3 is 5.32 Å². The minimum Gasteiger partial charge on any atom is -0.304 e. The first kappa shape index (κ1) is 9.21. The van der Waals surface area contributed by atoms with Gasteiger partial charge in [-0.05, 0) is 24.6 Å². The minimum atomic E-state index is 0.00130. The van der Waals surface area contributed by atoms with Crippen molar-refractivity contribution in [1.82, 2.24) is 10.3 Å². The molecule has 0 bridgehead atoms. The summed E-state index contributed by atoms with van der Waals surface area (Å²) in [6, 6.07) is 3.78. The van der Waals surface area contributed by atoms with Crippen LogP contribution in [-0.2, 0) is 4.79 Å². The first-order valence-electron chi connectivity index (χ1n) is 4.18. The molecule has 1 amide bonds. The van der Waals surface area contributed by atoms with Crippen LogP contribution in [-0.4, -0.2) is 21.8 Å². The fraction of sp³-hybridized carbons (Fsp3) is 0.222. The highest BCUT2D eigenvalue weighted by molar-refractivity contribution is 8.15. The first-order valence-corrected chi connectivity index (χ1v) is 5.16. The smallest absolute Gasteiger partial charge is 0.236 e. The summed E-state index contributed by atoms with van der Waals surface area (Å²) in [5.41, 5.74) is 1.11. The van der Waals surface area contributed by atoms with Crippen LogP contribution >= 0.6 is 11.8 Å². The van der Waals surface area contributed by atoms with E-state index in [1.807, 2.05) is 19.1 Å². The lowest BCUT2D eigenvalue weighted by molar-refractivity contribution is -0.116. The van der Waals surface area contributed by atoms with Crippen LogP contribution in [0.1, 0.15) is 5.56 Å². The first-order chi connectivity index (χ1) is 6.74. The normalized spacial score (nSPS) is 18.6. The maximum Gasteiger partial charge on any atom is 0.236 e. The molecule has 1 aliphatic heterocycles. The Bertz CT molecular complexity index is 403. The number of carbonyl (C=O) groups is 1. The van der Waals surface area contributed by atoms with Gasteiger partial charge in [0.05, 0.1) is 5.75 Å². The van der Waals surface area contributed by atoms with E-state index in [1.165, 1.54) is 11.8 Å². The number of aromatic nitrogens is 1. The number of pyridine rings is 1. The van der Waals surface area contributed by atoms with Gasteiger partial charge in [-0.3, -0.25) is 4.79 Å². The second-order valence-electron chi connectivity index (χ2n) is 2.95. The van der Waals surface area contributed by atoms with Gasteiger partial charge in [0, 0.05) is 6.20 Å². The highest BCUT2D eigenvalue weighted by Gasteiger charge is 2.16. The van der Waals surface area contributed by atoms with Crippen LogP contribution in [0.25, 0.3) is 0 Å². The maximum absolute atomic E-state index is 10.9. The molecule has 4 nitrogen and oxygen atoms in total. The van der Waals surface area contributed by atoms with Crippen LogP contribution in [0.3, 0.4) is 0 Å². The Morgan fingerprint density at radius 2 is 2.50 bits per heavy atom. The molecule has 1 aromatic heterocycles. The summed E-state index contributed by atoms with van der Waals surface area (Å²) in [4.78, 5) is 19.2. The lowest BCUT2D eigenvalue weighted by Crippen LogP contribution is -2.19. The highest BCUT2D eigenvalue weighted by Crippen LogP contribution is 2.15. The second kappa shape index (κ2) is 3.79. The van der Waals surface area contributed by atoms with E-state index < -0.39 is 0 Å². The Balaban J connectivity index is 2.21. The Morgan fingerprint density at radius 3 is 3.14 bits per heavy atom. The van der Waals surface area contributed by atoms with Gasteiger partial charge in [-0.15, -0.1) is 0 Å². The van der Waals surface area contributed by atoms with Crippen molar-refractivity contribution in [3.63, 3.8) is 0 Å². The maximum atomic E-state index is 10.9. The number of hydrogen-bond donors (Lipinski definition) is 1. The molecule has 1 saturated heterocycles. The van der Waals surface area contributed by atoms with Crippen molar-refractivity contribution in [1.29, 1.82) is 0 Å². The van der Waals surface area contributed by atoms with Crippen molar-refractivity contribution in [3.05, 3.63) is 23.9 Å². The third-order valence-electron chi connectivity index (χ3n) is 1.70. The number of carbonyl (C=O) groups excluding carboxylic acids is 1. The Kier molecular flexibility index (Phi) is 2.49. The van der Waals surface area contributed by atoms with Crippen molar-refractivity contribution in [2.45, 2.75) is 6.92 Å². The molecule has 1 aromatic rings. The zero-order chi connectivity index (χ0) is 9.97. The molecule has 5 heteroatoms. The molecule has 14 heavy (non-hydrogen) atoms. The van der Waals surface area contributed by atoms with E-state index in [4.69, 9.17) is 0 Å². The van der Waals surface area contributed by atoms with E-state index >= 15 is 0 Å². The number of aryl methyl sites for hydroxylation is 1. The largest absolute Gasteiger partial charge is 0.304 e. The molecule has 1 N–H and O–H groups in total. The van der Waals surface area contributed by atoms with Gasteiger partial charge in [-0.2, -0.15) is 0 Å². The average Bonchev–Trinajstić information content (AvgIpc) is 2.51. The molecule has 0 radical (unpaired) electrons. The zero-order valence-corrected chi connectivity index (χ0v) is 8.47. The molecule has 0 aromatic carbocycles. The molecule has 2 rings (SSSR count). The molecule has 0 saturated carbocycles. The molecule has 0 spiro atoms. The molecule has 1 aliphatic rings. The molecular weight excluding hydrogens is 198 g/mol. The number of amidine groups is 1. The Labute approximate surface area is 85.8 Å². The third-order valence-corrected chi connectivity index (χ3v) is 2.58. The highest BCUT2D eigenvalue weighted by atomic mass is 32.2. The van der Waals surface area contributed by atoms with Gasteiger partial charge in [0.1, 0.15) is 0 Å². The van der Waals surface area contributed by atoms with Crippen LogP contribution in [0, 0.1) is 6.92 Å². The van der Waals surface area contributed by atoms with Crippen LogP contribution in [0.4, 0.5) is 5.82 Å². The number of amides is 1. The number of thioether (sulfide) groups is 1. The predicted molar refractivity (Wildman–Crippen MR) is 56.7 cm³/mol. The molecule has 72 valence electrons. The summed E-state index contributed by atoms with van der Waals surface area (Å²) in [6.07, 6.45) is 1.70. The van der Waals surface area contributed by atoms with Gasteiger partial charge in [-0.1, -0.05) is 11.8 Å². The second-order valence-corrected chi connectivity index (χ2v) is 3.91. The third kappa shape index (κ3) is 2.11. The van der Waals surface area contributed by atoms with Crippen LogP contribution < -0.4 is 5.32 Å². The number of aliphatic imine (C=N–C) groups is 1. The zero-order valence-electron chi connectivity index (χ0n) is 7.65. The number of hydrogen-bond acceptors (Lipinski definition) is 4. The van der Waals surface area contributed by atoms with Crippen molar-refractivity contribution >= 4 is 28.7 Å². The van der Waals surface area contributed by atoms with Crippen molar-refractivity contribution in [2.24, 2.45) is 4.99 Å². The number of rotatable bonds is 1. The van der Waals surface area contributed by atoms with E-state index in [9.17, 15) is 4.79 Å². The molecule has 0 aliphatic carbocycles. The van der Waals surface area contributed by atoms with Crippen LogP contribution in [0.5, 0.6) is 0 Å². The average molecular weight is 207 g/mol. The monoisotopic (exact) mass is 207 g/mol. The summed E-state index contributed by atoms with van der Waals surface area (Å²) in [5.74, 6) is 1.08. The lowest BCUT2D eigenvalue weighted by Gasteiger charge is -1.96. The van der Waals surface area contributed by atoms with Crippen molar-refractivity contribution < 1.29 is 4.79 Å². The van der Waals surface area contributed by atoms with E-state index in [0.717, 1.165) is 5.56 Å². The van der Waals surface area contributed by atoms with E-state index in [2.05, 4.69) is 15.3 Å². The van der Waals surface area contributed by atoms with Gasteiger partial charge in [0.2, 0.25) is 5.91 Å². The fourth-order valence-electron chi connectivity index (χ4n) is 1.07. The fourth-order valence-corrected chi connectivity index (χ4v) is 1.76. The van der Waals surface area contributed by atoms with Crippen LogP contribution in [0.2, 0.25) is 0 Å². The van der Waals surface area contributed by atoms with Gasteiger partial charge in [0.25, 0.3) is 0 Å². The molecule has 1 fully saturated rings. The summed E-state index contributed by atoms with van der Waals surface area (Å²) in [5, 5.41) is 3.29. The molecule has 0 unspecified atom stereocenters. The quantitative estimate of drug-likeness (QED) is 0.753.